The molecule has 0 N–H and O–H groups in total. The van der Waals surface area contributed by atoms with Crippen molar-refractivity contribution in [2.45, 2.75) is 90.6 Å². The normalized spacial score (nSPS) is 24.2. The average molecular weight is 432 g/mol. The first-order valence-corrected chi connectivity index (χ1v) is 11.1. The van der Waals surface area contributed by atoms with Crippen molar-refractivity contribution in [2.75, 3.05) is 18.0 Å². The van der Waals surface area contributed by atoms with Gasteiger partial charge in [0, 0.05) is 29.9 Å². The number of nitrogens with zero attached hydrogens (tertiary/aromatic N) is 3. The smallest absolute Gasteiger partial charge is 0.412 e. The van der Waals surface area contributed by atoms with Crippen LogP contribution in [0.5, 0.6) is 0 Å². The maximum absolute atomic E-state index is 13.6. The molecule has 2 amide bonds. The van der Waals surface area contributed by atoms with Crippen molar-refractivity contribution in [1.29, 1.82) is 0 Å². The zero-order chi connectivity index (χ0) is 23.0. The van der Waals surface area contributed by atoms with Crippen LogP contribution in [0.3, 0.4) is 0 Å². The van der Waals surface area contributed by atoms with E-state index in [1.54, 1.807) is 4.90 Å². The van der Waals surface area contributed by atoms with Crippen molar-refractivity contribution in [1.82, 2.24) is 9.96 Å². The summed E-state index contributed by atoms with van der Waals surface area (Å²) in [5, 5.41) is 1.93. The van der Waals surface area contributed by atoms with Crippen molar-refractivity contribution >= 4 is 17.7 Å². The van der Waals surface area contributed by atoms with Crippen LogP contribution in [0.4, 0.5) is 10.5 Å². The predicted molar refractivity (Wildman–Crippen MR) is 120 cm³/mol. The quantitative estimate of drug-likeness (QED) is 0.701. The number of carbonyl (C=O) groups excluding carboxylic acids is 2. The molecular weight excluding hydrogens is 394 g/mol. The van der Waals surface area contributed by atoms with E-state index in [1.807, 2.05) is 56.2 Å². The van der Waals surface area contributed by atoms with Crippen LogP contribution in [0.1, 0.15) is 67.7 Å². The molecule has 0 bridgehead atoms. The fraction of sp³-hybridized carbons (Fsp3) is 0.667. The van der Waals surface area contributed by atoms with E-state index in [2.05, 4.69) is 27.7 Å². The summed E-state index contributed by atoms with van der Waals surface area (Å²) in [6.45, 7) is 14.6. The molecule has 7 nitrogen and oxygen atoms in total. The van der Waals surface area contributed by atoms with Crippen LogP contribution in [0.25, 0.3) is 0 Å². The lowest BCUT2D eigenvalue weighted by molar-refractivity contribution is -0.318. The molecule has 0 aliphatic carbocycles. The number of para-hydroxylation sites is 1. The lowest BCUT2D eigenvalue weighted by Crippen LogP contribution is -2.66. The van der Waals surface area contributed by atoms with E-state index in [9.17, 15) is 9.59 Å². The Morgan fingerprint density at radius 2 is 1.58 bits per heavy atom. The molecule has 31 heavy (non-hydrogen) atoms. The highest BCUT2D eigenvalue weighted by atomic mass is 16.7. The number of benzene rings is 1. The van der Waals surface area contributed by atoms with E-state index in [-0.39, 0.29) is 17.0 Å². The summed E-state index contributed by atoms with van der Waals surface area (Å²) in [5.74, 6) is -0.263. The molecule has 2 aliphatic rings. The number of ether oxygens (including phenoxy) is 1. The Morgan fingerprint density at radius 3 is 2.13 bits per heavy atom. The van der Waals surface area contributed by atoms with E-state index < -0.39 is 17.9 Å². The monoisotopic (exact) mass is 431 g/mol. The van der Waals surface area contributed by atoms with Gasteiger partial charge in [-0.15, -0.1) is 0 Å². The topological polar surface area (TPSA) is 62.3 Å². The molecule has 1 aromatic rings. The lowest BCUT2D eigenvalue weighted by Gasteiger charge is -2.53. The molecule has 1 atom stereocenters. The van der Waals surface area contributed by atoms with Gasteiger partial charge < -0.3 is 9.64 Å². The van der Waals surface area contributed by atoms with Crippen LogP contribution in [0, 0.1) is 0 Å². The minimum atomic E-state index is -1.08. The summed E-state index contributed by atoms with van der Waals surface area (Å²) in [4.78, 5) is 36.2. The minimum absolute atomic E-state index is 0.263. The van der Waals surface area contributed by atoms with Gasteiger partial charge in [0.15, 0.2) is 0 Å². The Morgan fingerprint density at radius 1 is 1.00 bits per heavy atom. The number of carbonyl (C=O) groups is 2. The van der Waals surface area contributed by atoms with Gasteiger partial charge in [-0.05, 0) is 79.9 Å². The number of piperidine rings is 1. The van der Waals surface area contributed by atoms with Crippen molar-refractivity contribution < 1.29 is 19.2 Å². The summed E-state index contributed by atoms with van der Waals surface area (Å²) in [6.07, 6.45) is 1.37. The van der Waals surface area contributed by atoms with Gasteiger partial charge in [-0.1, -0.05) is 18.2 Å². The van der Waals surface area contributed by atoms with Crippen molar-refractivity contribution in [2.24, 2.45) is 0 Å². The highest BCUT2D eigenvalue weighted by Gasteiger charge is 2.48. The second-order valence-electron chi connectivity index (χ2n) is 10.7. The first kappa shape index (κ1) is 23.5. The average Bonchev–Trinajstić information content (AvgIpc) is 2.64. The van der Waals surface area contributed by atoms with Gasteiger partial charge in [0.25, 0.3) is 5.91 Å². The Labute approximate surface area is 186 Å². The fourth-order valence-electron chi connectivity index (χ4n) is 4.54. The summed E-state index contributed by atoms with van der Waals surface area (Å²) in [5.41, 5.74) is -0.403. The van der Waals surface area contributed by atoms with Crippen LogP contribution in [-0.2, 0) is 14.4 Å². The van der Waals surface area contributed by atoms with Gasteiger partial charge in [0.2, 0.25) is 6.23 Å². The van der Waals surface area contributed by atoms with Crippen LogP contribution in [0.15, 0.2) is 30.3 Å². The number of rotatable bonds is 3. The van der Waals surface area contributed by atoms with Crippen LogP contribution < -0.4 is 4.90 Å². The molecular formula is C24H37N3O4. The lowest BCUT2D eigenvalue weighted by atomic mass is 9.82. The maximum Gasteiger partial charge on any atom is 0.412 e. The number of amides is 2. The van der Waals surface area contributed by atoms with E-state index in [0.717, 1.165) is 24.9 Å². The summed E-state index contributed by atoms with van der Waals surface area (Å²) in [7, 11) is 0. The molecule has 0 aromatic heterocycles. The third-order valence-corrected chi connectivity index (χ3v) is 5.90. The Hall–Kier alpha value is -2.12. The van der Waals surface area contributed by atoms with Gasteiger partial charge in [-0.3, -0.25) is 14.5 Å². The molecule has 7 heteroatoms. The fourth-order valence-corrected chi connectivity index (χ4v) is 4.54. The van der Waals surface area contributed by atoms with E-state index >= 15 is 0 Å². The predicted octanol–water partition coefficient (Wildman–Crippen LogP) is 4.57. The molecule has 2 heterocycles. The third-order valence-electron chi connectivity index (χ3n) is 5.90. The zero-order valence-corrected chi connectivity index (χ0v) is 20.0. The Bertz CT molecular complexity index is 785. The van der Waals surface area contributed by atoms with E-state index in [4.69, 9.17) is 9.57 Å². The number of hydrogen-bond acceptors (Lipinski definition) is 5. The van der Waals surface area contributed by atoms with Gasteiger partial charge in [0.1, 0.15) is 5.60 Å². The number of piperazine rings is 1. The highest BCUT2D eigenvalue weighted by molar-refractivity contribution is 5.98. The second-order valence-corrected chi connectivity index (χ2v) is 10.7. The zero-order valence-electron chi connectivity index (χ0n) is 20.0. The SMILES string of the molecule is CC(C)(C)OC(=O)N1CCN(c2ccccc2)C(=O)C1ON1C(C)(C)CCCC1(C)C. The molecule has 0 saturated carbocycles. The molecule has 2 fully saturated rings. The largest absolute Gasteiger partial charge is 0.444 e. The van der Waals surface area contributed by atoms with Crippen molar-refractivity contribution in [3.63, 3.8) is 0 Å². The third kappa shape index (κ3) is 5.21. The second kappa shape index (κ2) is 8.43. The molecule has 3 rings (SSSR count). The molecule has 0 radical (unpaired) electrons. The van der Waals surface area contributed by atoms with E-state index in [1.165, 1.54) is 4.90 Å². The van der Waals surface area contributed by atoms with Crippen LogP contribution >= 0.6 is 0 Å². The minimum Gasteiger partial charge on any atom is -0.444 e. The first-order chi connectivity index (χ1) is 14.3. The van der Waals surface area contributed by atoms with Gasteiger partial charge in [0.05, 0.1) is 0 Å². The first-order valence-electron chi connectivity index (χ1n) is 11.1. The summed E-state index contributed by atoms with van der Waals surface area (Å²) >= 11 is 0. The summed E-state index contributed by atoms with van der Waals surface area (Å²) < 4.78 is 5.61. The molecule has 172 valence electrons. The number of hydroxylamine groups is 2. The van der Waals surface area contributed by atoms with Crippen molar-refractivity contribution in [3.05, 3.63) is 30.3 Å². The maximum atomic E-state index is 13.6. The summed E-state index contributed by atoms with van der Waals surface area (Å²) in [6, 6.07) is 9.50. The standard InChI is InChI=1S/C24H37N3O4/c1-22(2,3)30-21(29)26-17-16-25(18-12-9-8-10-13-18)19(28)20(26)31-27-23(4,5)14-11-15-24(27,6)7/h8-10,12-13,20H,11,14-17H2,1-7H3. The van der Waals surface area contributed by atoms with Crippen LogP contribution in [0.2, 0.25) is 0 Å². The van der Waals surface area contributed by atoms with E-state index in [0.29, 0.717) is 13.1 Å². The highest BCUT2D eigenvalue weighted by Crippen LogP contribution is 2.39. The van der Waals surface area contributed by atoms with Gasteiger partial charge >= 0.3 is 6.09 Å². The molecule has 0 spiro atoms. The van der Waals surface area contributed by atoms with Crippen LogP contribution in [-0.4, -0.2) is 58.0 Å². The Kier molecular flexibility index (Phi) is 6.40. The molecule has 2 saturated heterocycles. The molecule has 1 aromatic carbocycles. The Balaban J connectivity index is 1.94. The molecule has 1 unspecified atom stereocenters. The van der Waals surface area contributed by atoms with Gasteiger partial charge in [-0.2, -0.15) is 5.06 Å². The number of anilines is 1. The molecule has 2 aliphatic heterocycles. The number of hydrogen-bond donors (Lipinski definition) is 0. The van der Waals surface area contributed by atoms with Crippen molar-refractivity contribution in [3.8, 4) is 0 Å². The van der Waals surface area contributed by atoms with Gasteiger partial charge in [-0.25, -0.2) is 4.79 Å².